The van der Waals surface area contributed by atoms with Crippen LogP contribution in [0.15, 0.2) is 53.4 Å². The van der Waals surface area contributed by atoms with Gasteiger partial charge in [0, 0.05) is 22.2 Å². The van der Waals surface area contributed by atoms with Crippen LogP contribution >= 0.6 is 23.4 Å². The van der Waals surface area contributed by atoms with E-state index in [0.29, 0.717) is 12.3 Å². The molecular formula is C18H20ClNO2S. The average Bonchev–Trinajstić information content (AvgIpc) is 2.59. The second kappa shape index (κ2) is 9.48. The molecule has 0 spiro atoms. The summed E-state index contributed by atoms with van der Waals surface area (Å²) < 4.78 is 5.46. The first kappa shape index (κ1) is 17.7. The van der Waals surface area contributed by atoms with E-state index < -0.39 is 0 Å². The molecule has 2 aromatic rings. The van der Waals surface area contributed by atoms with E-state index in [1.54, 1.807) is 11.8 Å². The van der Waals surface area contributed by atoms with Crippen LogP contribution in [0.3, 0.4) is 0 Å². The number of nitrogens with one attached hydrogen (secondary N) is 1. The number of halogens is 1. The highest BCUT2D eigenvalue weighted by molar-refractivity contribution is 7.99. The number of amides is 1. The molecule has 0 bridgehead atoms. The minimum atomic E-state index is -0.110. The summed E-state index contributed by atoms with van der Waals surface area (Å²) in [5.41, 5.74) is 1.25. The van der Waals surface area contributed by atoms with Crippen molar-refractivity contribution in [2.75, 3.05) is 18.9 Å². The van der Waals surface area contributed by atoms with Crippen molar-refractivity contribution in [2.24, 2.45) is 0 Å². The average molecular weight is 350 g/mol. The fourth-order valence-corrected chi connectivity index (χ4v) is 2.81. The fourth-order valence-electron chi connectivity index (χ4n) is 1.91. The zero-order valence-corrected chi connectivity index (χ0v) is 14.6. The van der Waals surface area contributed by atoms with E-state index in [4.69, 9.17) is 16.3 Å². The van der Waals surface area contributed by atoms with Gasteiger partial charge < -0.3 is 10.1 Å². The summed E-state index contributed by atoms with van der Waals surface area (Å²) in [5.74, 6) is 1.41. The maximum atomic E-state index is 11.7. The van der Waals surface area contributed by atoms with E-state index in [1.807, 2.05) is 48.5 Å². The van der Waals surface area contributed by atoms with Gasteiger partial charge in [-0.15, -0.1) is 11.8 Å². The van der Waals surface area contributed by atoms with Crippen LogP contribution in [0.2, 0.25) is 5.02 Å². The van der Waals surface area contributed by atoms with E-state index in [-0.39, 0.29) is 12.5 Å². The van der Waals surface area contributed by atoms with Gasteiger partial charge in [0.2, 0.25) is 0 Å². The van der Waals surface area contributed by atoms with Crippen LogP contribution in [-0.4, -0.2) is 24.8 Å². The summed E-state index contributed by atoms with van der Waals surface area (Å²) in [6.45, 7) is 2.74. The summed E-state index contributed by atoms with van der Waals surface area (Å²) in [6, 6.07) is 15.5. The maximum Gasteiger partial charge on any atom is 0.257 e. The lowest BCUT2D eigenvalue weighted by Crippen LogP contribution is -2.30. The molecule has 0 fully saturated rings. The van der Waals surface area contributed by atoms with E-state index in [2.05, 4.69) is 12.2 Å². The second-order valence-electron chi connectivity index (χ2n) is 4.94. The predicted octanol–water partition coefficient (Wildman–Crippen LogP) is 4.19. The Labute approximate surface area is 146 Å². The molecule has 23 heavy (non-hydrogen) atoms. The summed E-state index contributed by atoms with van der Waals surface area (Å²) in [6.07, 6.45) is 0.992. The van der Waals surface area contributed by atoms with Crippen molar-refractivity contribution in [3.8, 4) is 5.75 Å². The molecule has 2 rings (SSSR count). The van der Waals surface area contributed by atoms with Gasteiger partial charge in [-0.3, -0.25) is 4.79 Å². The normalized spacial score (nSPS) is 10.3. The van der Waals surface area contributed by atoms with Crippen LogP contribution in [-0.2, 0) is 11.2 Å². The summed E-state index contributed by atoms with van der Waals surface area (Å²) in [5, 5.41) is 3.57. The molecule has 0 unspecified atom stereocenters. The monoisotopic (exact) mass is 349 g/mol. The number of rotatable bonds is 8. The third-order valence-electron chi connectivity index (χ3n) is 3.21. The highest BCUT2D eigenvalue weighted by atomic mass is 35.5. The van der Waals surface area contributed by atoms with Crippen molar-refractivity contribution >= 4 is 29.3 Å². The molecule has 1 amide bonds. The quantitative estimate of drug-likeness (QED) is 0.573. The minimum absolute atomic E-state index is 0.0388. The zero-order chi connectivity index (χ0) is 16.5. The molecular weight excluding hydrogens is 330 g/mol. The van der Waals surface area contributed by atoms with Gasteiger partial charge in [0.15, 0.2) is 6.61 Å². The lowest BCUT2D eigenvalue weighted by Gasteiger charge is -2.08. The Morgan fingerprint density at radius 3 is 2.48 bits per heavy atom. The SMILES string of the molecule is CCc1ccc(OCC(=O)NCCSc2ccc(Cl)cc2)cc1. The van der Waals surface area contributed by atoms with E-state index in [9.17, 15) is 4.79 Å². The Morgan fingerprint density at radius 2 is 1.83 bits per heavy atom. The highest BCUT2D eigenvalue weighted by Crippen LogP contribution is 2.19. The molecule has 0 saturated heterocycles. The van der Waals surface area contributed by atoms with Crippen molar-refractivity contribution < 1.29 is 9.53 Å². The minimum Gasteiger partial charge on any atom is -0.484 e. The summed E-state index contributed by atoms with van der Waals surface area (Å²) >= 11 is 7.51. The van der Waals surface area contributed by atoms with E-state index >= 15 is 0 Å². The molecule has 0 aliphatic rings. The van der Waals surface area contributed by atoms with Crippen molar-refractivity contribution in [3.05, 3.63) is 59.1 Å². The first-order valence-corrected chi connectivity index (χ1v) is 8.90. The number of carbonyl (C=O) groups is 1. The molecule has 0 aliphatic heterocycles. The Bertz CT molecular complexity index is 614. The molecule has 5 heteroatoms. The standard InChI is InChI=1S/C18H20ClNO2S/c1-2-14-3-7-16(8-4-14)22-13-18(21)20-11-12-23-17-9-5-15(19)6-10-17/h3-10H,2,11-13H2,1H3,(H,20,21). The van der Waals surface area contributed by atoms with Gasteiger partial charge in [-0.05, 0) is 48.4 Å². The summed E-state index contributed by atoms with van der Waals surface area (Å²) in [4.78, 5) is 12.9. The number of hydrogen-bond acceptors (Lipinski definition) is 3. The van der Waals surface area contributed by atoms with Crippen molar-refractivity contribution in [1.82, 2.24) is 5.32 Å². The number of ether oxygens (including phenoxy) is 1. The van der Waals surface area contributed by atoms with Crippen LogP contribution in [0, 0.1) is 0 Å². The van der Waals surface area contributed by atoms with Crippen LogP contribution < -0.4 is 10.1 Å². The molecule has 0 atom stereocenters. The van der Waals surface area contributed by atoms with Gasteiger partial charge in [0.25, 0.3) is 5.91 Å². The number of benzene rings is 2. The molecule has 0 aromatic heterocycles. The molecule has 122 valence electrons. The van der Waals surface area contributed by atoms with Crippen LogP contribution in [0.4, 0.5) is 0 Å². The predicted molar refractivity (Wildman–Crippen MR) is 96.5 cm³/mol. The molecule has 1 N–H and O–H groups in total. The first-order valence-electron chi connectivity index (χ1n) is 7.54. The topological polar surface area (TPSA) is 38.3 Å². The Hall–Kier alpha value is -1.65. The summed E-state index contributed by atoms with van der Waals surface area (Å²) in [7, 11) is 0. The van der Waals surface area contributed by atoms with Gasteiger partial charge in [-0.25, -0.2) is 0 Å². The molecule has 0 heterocycles. The van der Waals surface area contributed by atoms with Crippen molar-refractivity contribution in [2.45, 2.75) is 18.2 Å². The van der Waals surface area contributed by atoms with Crippen LogP contribution in [0.25, 0.3) is 0 Å². The molecule has 0 saturated carbocycles. The van der Waals surface area contributed by atoms with E-state index in [0.717, 1.165) is 22.1 Å². The maximum absolute atomic E-state index is 11.7. The first-order chi connectivity index (χ1) is 11.2. The zero-order valence-electron chi connectivity index (χ0n) is 13.0. The lowest BCUT2D eigenvalue weighted by molar-refractivity contribution is -0.122. The Kier molecular flexibility index (Phi) is 7.30. The number of aryl methyl sites for hydroxylation is 1. The second-order valence-corrected chi connectivity index (χ2v) is 6.54. The molecule has 0 radical (unpaired) electrons. The van der Waals surface area contributed by atoms with E-state index in [1.165, 1.54) is 5.56 Å². The number of carbonyl (C=O) groups excluding carboxylic acids is 1. The highest BCUT2D eigenvalue weighted by Gasteiger charge is 2.02. The molecule has 2 aromatic carbocycles. The Morgan fingerprint density at radius 1 is 1.13 bits per heavy atom. The largest absolute Gasteiger partial charge is 0.484 e. The van der Waals surface area contributed by atoms with Crippen LogP contribution in [0.5, 0.6) is 5.75 Å². The molecule has 0 aliphatic carbocycles. The van der Waals surface area contributed by atoms with Crippen molar-refractivity contribution in [3.63, 3.8) is 0 Å². The number of thioether (sulfide) groups is 1. The number of hydrogen-bond donors (Lipinski definition) is 1. The van der Waals surface area contributed by atoms with Gasteiger partial charge in [-0.1, -0.05) is 30.7 Å². The van der Waals surface area contributed by atoms with Gasteiger partial charge >= 0.3 is 0 Å². The third kappa shape index (κ3) is 6.55. The lowest BCUT2D eigenvalue weighted by atomic mass is 10.2. The van der Waals surface area contributed by atoms with Gasteiger partial charge in [-0.2, -0.15) is 0 Å². The van der Waals surface area contributed by atoms with Gasteiger partial charge in [0.05, 0.1) is 0 Å². The van der Waals surface area contributed by atoms with Crippen LogP contribution in [0.1, 0.15) is 12.5 Å². The smallest absolute Gasteiger partial charge is 0.257 e. The fraction of sp³-hybridized carbons (Fsp3) is 0.278. The van der Waals surface area contributed by atoms with Gasteiger partial charge in [0.1, 0.15) is 5.75 Å². The van der Waals surface area contributed by atoms with Crippen molar-refractivity contribution in [1.29, 1.82) is 0 Å². The third-order valence-corrected chi connectivity index (χ3v) is 4.47. The Balaban J connectivity index is 1.62. The molecule has 3 nitrogen and oxygen atoms in total.